The summed E-state index contributed by atoms with van der Waals surface area (Å²) in [5.74, 6) is 1.02. The SMILES string of the molecule is Cc1cc(C)cc(CNC(C)CC2CC2)c1. The first kappa shape index (κ1) is 11.7. The van der Waals surface area contributed by atoms with Crippen molar-refractivity contribution in [3.05, 3.63) is 34.9 Å². The summed E-state index contributed by atoms with van der Waals surface area (Å²) in [5.41, 5.74) is 4.15. The number of benzene rings is 1. The van der Waals surface area contributed by atoms with Gasteiger partial charge < -0.3 is 5.32 Å². The van der Waals surface area contributed by atoms with Gasteiger partial charge in [0.05, 0.1) is 0 Å². The molecule has 88 valence electrons. The monoisotopic (exact) mass is 217 g/mol. The van der Waals surface area contributed by atoms with Crippen LogP contribution in [0.15, 0.2) is 18.2 Å². The molecule has 0 aromatic heterocycles. The molecule has 1 aliphatic rings. The summed E-state index contributed by atoms with van der Waals surface area (Å²) in [6, 6.07) is 7.46. The summed E-state index contributed by atoms with van der Waals surface area (Å²) in [4.78, 5) is 0. The molecule has 1 N–H and O–H groups in total. The summed E-state index contributed by atoms with van der Waals surface area (Å²) in [5, 5.41) is 3.62. The van der Waals surface area contributed by atoms with Crippen LogP contribution in [-0.2, 0) is 6.54 Å². The zero-order valence-corrected chi connectivity index (χ0v) is 10.7. The van der Waals surface area contributed by atoms with Crippen molar-refractivity contribution in [3.63, 3.8) is 0 Å². The number of aryl methyl sites for hydroxylation is 2. The van der Waals surface area contributed by atoms with E-state index in [1.807, 2.05) is 0 Å². The lowest BCUT2D eigenvalue weighted by atomic mass is 10.1. The molecular weight excluding hydrogens is 194 g/mol. The Morgan fingerprint density at radius 3 is 2.38 bits per heavy atom. The normalized spacial score (nSPS) is 17.4. The maximum absolute atomic E-state index is 3.62. The molecule has 2 rings (SSSR count). The lowest BCUT2D eigenvalue weighted by Crippen LogP contribution is -2.25. The molecule has 0 bridgehead atoms. The maximum Gasteiger partial charge on any atom is 0.0208 e. The quantitative estimate of drug-likeness (QED) is 0.795. The maximum atomic E-state index is 3.62. The molecule has 0 aliphatic heterocycles. The molecule has 1 atom stereocenters. The van der Waals surface area contributed by atoms with E-state index in [0.29, 0.717) is 6.04 Å². The van der Waals surface area contributed by atoms with E-state index in [1.54, 1.807) is 0 Å². The van der Waals surface area contributed by atoms with Crippen LogP contribution >= 0.6 is 0 Å². The van der Waals surface area contributed by atoms with E-state index in [-0.39, 0.29) is 0 Å². The molecule has 1 aromatic rings. The summed E-state index contributed by atoms with van der Waals surface area (Å²) in [7, 11) is 0. The van der Waals surface area contributed by atoms with Gasteiger partial charge in [-0.3, -0.25) is 0 Å². The first-order valence-electron chi connectivity index (χ1n) is 6.44. The number of hydrogen-bond donors (Lipinski definition) is 1. The van der Waals surface area contributed by atoms with Crippen LogP contribution in [0.4, 0.5) is 0 Å². The van der Waals surface area contributed by atoms with E-state index in [4.69, 9.17) is 0 Å². The average molecular weight is 217 g/mol. The molecule has 1 heteroatoms. The first-order chi connectivity index (χ1) is 7.63. The molecule has 1 aromatic carbocycles. The molecule has 0 radical (unpaired) electrons. The second-order valence-corrected chi connectivity index (χ2v) is 5.46. The number of nitrogens with one attached hydrogen (secondary N) is 1. The van der Waals surface area contributed by atoms with Crippen molar-refractivity contribution in [2.45, 2.75) is 52.6 Å². The zero-order chi connectivity index (χ0) is 11.5. The third kappa shape index (κ3) is 3.64. The number of rotatable bonds is 5. The van der Waals surface area contributed by atoms with Crippen molar-refractivity contribution < 1.29 is 0 Å². The molecule has 1 fully saturated rings. The molecule has 1 nitrogen and oxygen atoms in total. The van der Waals surface area contributed by atoms with Gasteiger partial charge in [-0.1, -0.05) is 42.2 Å². The Morgan fingerprint density at radius 1 is 1.19 bits per heavy atom. The Labute approximate surface area is 99.3 Å². The summed E-state index contributed by atoms with van der Waals surface area (Å²) in [6.45, 7) is 7.66. The molecule has 0 saturated heterocycles. The first-order valence-corrected chi connectivity index (χ1v) is 6.44. The van der Waals surface area contributed by atoms with Gasteiger partial charge in [-0.2, -0.15) is 0 Å². The Hall–Kier alpha value is -0.820. The Balaban J connectivity index is 1.83. The highest BCUT2D eigenvalue weighted by Crippen LogP contribution is 2.33. The highest BCUT2D eigenvalue weighted by molar-refractivity contribution is 5.28. The van der Waals surface area contributed by atoms with E-state index in [2.05, 4.69) is 44.3 Å². The van der Waals surface area contributed by atoms with Gasteiger partial charge >= 0.3 is 0 Å². The van der Waals surface area contributed by atoms with Gasteiger partial charge in [0.15, 0.2) is 0 Å². The third-order valence-electron chi connectivity index (χ3n) is 3.32. The minimum Gasteiger partial charge on any atom is -0.310 e. The van der Waals surface area contributed by atoms with Gasteiger partial charge in [0.25, 0.3) is 0 Å². The van der Waals surface area contributed by atoms with E-state index in [9.17, 15) is 0 Å². The molecule has 0 heterocycles. The van der Waals surface area contributed by atoms with Gasteiger partial charge in [0, 0.05) is 12.6 Å². The van der Waals surface area contributed by atoms with E-state index >= 15 is 0 Å². The Bertz CT molecular complexity index is 332. The summed E-state index contributed by atoms with van der Waals surface area (Å²) >= 11 is 0. The molecule has 1 saturated carbocycles. The fraction of sp³-hybridized carbons (Fsp3) is 0.600. The lowest BCUT2D eigenvalue weighted by Gasteiger charge is -2.14. The average Bonchev–Trinajstić information content (AvgIpc) is 2.97. The fourth-order valence-electron chi connectivity index (χ4n) is 2.40. The zero-order valence-electron chi connectivity index (χ0n) is 10.7. The molecule has 16 heavy (non-hydrogen) atoms. The predicted octanol–water partition coefficient (Wildman–Crippen LogP) is 3.58. The minimum absolute atomic E-state index is 0.660. The molecule has 0 spiro atoms. The Kier molecular flexibility index (Phi) is 3.65. The van der Waals surface area contributed by atoms with Crippen molar-refractivity contribution in [1.29, 1.82) is 0 Å². The van der Waals surface area contributed by atoms with Gasteiger partial charge in [-0.15, -0.1) is 0 Å². The minimum atomic E-state index is 0.660. The van der Waals surface area contributed by atoms with Gasteiger partial charge in [0.1, 0.15) is 0 Å². The fourth-order valence-corrected chi connectivity index (χ4v) is 2.40. The van der Waals surface area contributed by atoms with Crippen LogP contribution in [0.1, 0.15) is 42.9 Å². The van der Waals surface area contributed by atoms with Gasteiger partial charge in [-0.05, 0) is 38.7 Å². The second-order valence-electron chi connectivity index (χ2n) is 5.46. The van der Waals surface area contributed by atoms with Crippen molar-refractivity contribution >= 4 is 0 Å². The van der Waals surface area contributed by atoms with Crippen molar-refractivity contribution in [2.24, 2.45) is 5.92 Å². The summed E-state index contributed by atoms with van der Waals surface area (Å²) < 4.78 is 0. The van der Waals surface area contributed by atoms with Crippen LogP contribution < -0.4 is 5.32 Å². The van der Waals surface area contributed by atoms with Crippen molar-refractivity contribution in [2.75, 3.05) is 0 Å². The largest absolute Gasteiger partial charge is 0.310 e. The van der Waals surface area contributed by atoms with Crippen LogP contribution in [0.5, 0.6) is 0 Å². The highest BCUT2D eigenvalue weighted by Gasteiger charge is 2.23. The third-order valence-corrected chi connectivity index (χ3v) is 3.32. The van der Waals surface area contributed by atoms with E-state index in [1.165, 1.54) is 36.0 Å². The lowest BCUT2D eigenvalue weighted by molar-refractivity contribution is 0.487. The standard InChI is InChI=1S/C15H23N/c1-11-6-12(2)8-15(7-11)10-16-13(3)9-14-4-5-14/h6-8,13-14,16H,4-5,9-10H2,1-3H3. The van der Waals surface area contributed by atoms with E-state index in [0.717, 1.165) is 12.5 Å². The second kappa shape index (κ2) is 5.01. The number of hydrogen-bond acceptors (Lipinski definition) is 1. The predicted molar refractivity (Wildman–Crippen MR) is 69.6 cm³/mol. The van der Waals surface area contributed by atoms with Gasteiger partial charge in [0.2, 0.25) is 0 Å². The van der Waals surface area contributed by atoms with Crippen molar-refractivity contribution in [1.82, 2.24) is 5.32 Å². The van der Waals surface area contributed by atoms with Crippen LogP contribution in [-0.4, -0.2) is 6.04 Å². The molecule has 0 amide bonds. The van der Waals surface area contributed by atoms with Crippen LogP contribution in [0.3, 0.4) is 0 Å². The van der Waals surface area contributed by atoms with Gasteiger partial charge in [-0.25, -0.2) is 0 Å². The van der Waals surface area contributed by atoms with E-state index < -0.39 is 0 Å². The van der Waals surface area contributed by atoms with Crippen LogP contribution in [0.2, 0.25) is 0 Å². The highest BCUT2D eigenvalue weighted by atomic mass is 14.9. The smallest absolute Gasteiger partial charge is 0.0208 e. The molecular formula is C15H23N. The summed E-state index contributed by atoms with van der Waals surface area (Å²) in [6.07, 6.45) is 4.26. The van der Waals surface area contributed by atoms with Crippen LogP contribution in [0.25, 0.3) is 0 Å². The van der Waals surface area contributed by atoms with Crippen LogP contribution in [0, 0.1) is 19.8 Å². The Morgan fingerprint density at radius 2 is 1.81 bits per heavy atom. The van der Waals surface area contributed by atoms with Crippen molar-refractivity contribution in [3.8, 4) is 0 Å². The topological polar surface area (TPSA) is 12.0 Å². The molecule has 1 unspecified atom stereocenters. The molecule has 1 aliphatic carbocycles.